The zero-order chi connectivity index (χ0) is 12.7. The van der Waals surface area contributed by atoms with Crippen LogP contribution in [0, 0.1) is 0 Å². The van der Waals surface area contributed by atoms with Gasteiger partial charge in [0.1, 0.15) is 0 Å². The van der Waals surface area contributed by atoms with E-state index in [0.29, 0.717) is 0 Å². The number of nitrogens with zero attached hydrogens (tertiary/aromatic N) is 1. The highest BCUT2D eigenvalue weighted by Gasteiger charge is 2.14. The minimum Gasteiger partial charge on any atom is -0.504 e. The van der Waals surface area contributed by atoms with E-state index in [-0.39, 0.29) is 16.8 Å². The van der Waals surface area contributed by atoms with E-state index >= 15 is 0 Å². The second-order valence-corrected chi connectivity index (χ2v) is 3.99. The molecule has 6 heteroatoms. The Hall–Kier alpha value is -2.24. The molecule has 2 N–H and O–H groups in total. The first-order valence-electron chi connectivity index (χ1n) is 5.03. The number of phenolic OH excluding ortho intramolecular Hbond substituents is 2. The molecular formula is C11H11NO5. The van der Waals surface area contributed by atoms with Gasteiger partial charge in [-0.25, -0.2) is 4.79 Å². The van der Waals surface area contributed by atoms with Gasteiger partial charge in [0.05, 0.1) is 16.8 Å². The van der Waals surface area contributed by atoms with Crippen molar-refractivity contribution in [1.29, 1.82) is 0 Å². The molecule has 0 atom stereocenters. The van der Waals surface area contributed by atoms with Crippen LogP contribution < -0.4 is 11.2 Å². The molecule has 6 nitrogen and oxygen atoms in total. The van der Waals surface area contributed by atoms with E-state index in [2.05, 4.69) is 0 Å². The fraction of sp³-hybridized carbons (Fsp3) is 0.273. The molecule has 0 aliphatic carbocycles. The molecule has 0 aliphatic heterocycles. The molecule has 0 aliphatic rings. The van der Waals surface area contributed by atoms with Crippen LogP contribution in [0.15, 0.2) is 26.2 Å². The molecule has 1 aromatic heterocycles. The van der Waals surface area contributed by atoms with Crippen molar-refractivity contribution < 1.29 is 14.7 Å². The van der Waals surface area contributed by atoms with Crippen molar-refractivity contribution in [3.05, 3.63) is 32.9 Å². The second-order valence-electron chi connectivity index (χ2n) is 3.99. The van der Waals surface area contributed by atoms with E-state index in [9.17, 15) is 19.8 Å². The monoisotopic (exact) mass is 237 g/mol. The first-order chi connectivity index (χ1) is 7.91. The predicted molar refractivity (Wildman–Crippen MR) is 60.5 cm³/mol. The summed E-state index contributed by atoms with van der Waals surface area (Å²) in [4.78, 5) is 23.5. The van der Waals surface area contributed by atoms with Gasteiger partial charge in [-0.2, -0.15) is 4.74 Å². The molecule has 0 fully saturated rings. The lowest BCUT2D eigenvalue weighted by Gasteiger charge is -2.08. The third-order valence-electron chi connectivity index (χ3n) is 2.42. The molecule has 1 aromatic carbocycles. The van der Waals surface area contributed by atoms with Crippen LogP contribution in [0.5, 0.6) is 11.5 Å². The maximum Gasteiger partial charge on any atom is 0.364 e. The normalized spacial score (nSPS) is 11.2. The van der Waals surface area contributed by atoms with Crippen molar-refractivity contribution in [1.82, 2.24) is 4.74 Å². The van der Waals surface area contributed by atoms with Crippen LogP contribution in [-0.4, -0.2) is 15.0 Å². The van der Waals surface area contributed by atoms with Crippen molar-refractivity contribution in [2.24, 2.45) is 0 Å². The van der Waals surface area contributed by atoms with Crippen LogP contribution in [0.1, 0.15) is 19.9 Å². The van der Waals surface area contributed by atoms with Crippen LogP contribution in [0.3, 0.4) is 0 Å². The Kier molecular flexibility index (Phi) is 2.42. The fourth-order valence-electron chi connectivity index (χ4n) is 1.56. The maximum absolute atomic E-state index is 11.9. The molecule has 2 rings (SSSR count). The minimum absolute atomic E-state index is 0.0188. The third kappa shape index (κ3) is 1.67. The van der Waals surface area contributed by atoms with Crippen LogP contribution in [-0.2, 0) is 0 Å². The Bertz CT molecular complexity index is 695. The van der Waals surface area contributed by atoms with E-state index in [4.69, 9.17) is 4.52 Å². The highest BCUT2D eigenvalue weighted by Crippen LogP contribution is 2.27. The summed E-state index contributed by atoms with van der Waals surface area (Å²) >= 11 is 0. The summed E-state index contributed by atoms with van der Waals surface area (Å²) in [5, 5.41) is 18.6. The van der Waals surface area contributed by atoms with Crippen molar-refractivity contribution in [2.45, 2.75) is 19.9 Å². The fourth-order valence-corrected chi connectivity index (χ4v) is 1.56. The molecular weight excluding hydrogens is 226 g/mol. The number of aromatic nitrogens is 1. The lowest BCUT2D eigenvalue weighted by atomic mass is 10.2. The van der Waals surface area contributed by atoms with E-state index < -0.39 is 22.7 Å². The quantitative estimate of drug-likeness (QED) is 0.720. The molecule has 0 unspecified atom stereocenters. The lowest BCUT2D eigenvalue weighted by molar-refractivity contribution is 0.201. The molecule has 17 heavy (non-hydrogen) atoms. The summed E-state index contributed by atoms with van der Waals surface area (Å²) in [6.07, 6.45) is 0. The van der Waals surface area contributed by atoms with Gasteiger partial charge in [0.2, 0.25) is 0 Å². The summed E-state index contributed by atoms with van der Waals surface area (Å²) in [5.41, 5.74) is -1.26. The first-order valence-corrected chi connectivity index (χ1v) is 5.03. The van der Waals surface area contributed by atoms with Gasteiger partial charge in [-0.3, -0.25) is 4.79 Å². The maximum atomic E-state index is 11.9. The van der Waals surface area contributed by atoms with Crippen molar-refractivity contribution >= 4 is 10.8 Å². The van der Waals surface area contributed by atoms with Crippen LogP contribution >= 0.6 is 0 Å². The molecule has 1 heterocycles. The molecule has 0 saturated heterocycles. The number of fused-ring (bicyclic) bond motifs is 1. The van der Waals surface area contributed by atoms with E-state index in [1.807, 2.05) is 0 Å². The molecule has 0 bridgehead atoms. The van der Waals surface area contributed by atoms with Crippen molar-refractivity contribution in [3.63, 3.8) is 0 Å². The van der Waals surface area contributed by atoms with Crippen molar-refractivity contribution in [2.75, 3.05) is 0 Å². The van der Waals surface area contributed by atoms with Gasteiger partial charge in [0.25, 0.3) is 5.56 Å². The Balaban J connectivity index is 3.00. The first kappa shape index (κ1) is 11.3. The van der Waals surface area contributed by atoms with Crippen LogP contribution in [0.4, 0.5) is 0 Å². The number of benzene rings is 1. The van der Waals surface area contributed by atoms with E-state index in [0.717, 1.165) is 16.9 Å². The average molecular weight is 237 g/mol. The number of hydrogen-bond acceptors (Lipinski definition) is 5. The number of rotatable bonds is 1. The Morgan fingerprint density at radius 2 is 1.65 bits per heavy atom. The molecule has 0 saturated carbocycles. The Morgan fingerprint density at radius 3 is 2.18 bits per heavy atom. The number of aromatic hydroxyl groups is 2. The number of hydrogen-bond donors (Lipinski definition) is 2. The summed E-state index contributed by atoms with van der Waals surface area (Å²) in [5.74, 6) is -0.915. The SMILES string of the molecule is CC(C)n1oc(=O)c2cc(O)c(O)cc2c1=O. The smallest absolute Gasteiger partial charge is 0.364 e. The average Bonchev–Trinajstić information content (AvgIpc) is 2.25. The Labute approximate surface area is 95.3 Å². The summed E-state index contributed by atoms with van der Waals surface area (Å²) in [7, 11) is 0. The van der Waals surface area contributed by atoms with Gasteiger partial charge >= 0.3 is 5.63 Å². The molecule has 2 aromatic rings. The van der Waals surface area contributed by atoms with Crippen LogP contribution in [0.2, 0.25) is 0 Å². The van der Waals surface area contributed by atoms with E-state index in [1.54, 1.807) is 13.8 Å². The molecule has 0 spiro atoms. The second kappa shape index (κ2) is 3.65. The number of phenols is 2. The van der Waals surface area contributed by atoms with Gasteiger partial charge in [0.15, 0.2) is 11.5 Å². The molecule has 0 amide bonds. The molecule has 90 valence electrons. The zero-order valence-electron chi connectivity index (χ0n) is 9.30. The third-order valence-corrected chi connectivity index (χ3v) is 2.42. The van der Waals surface area contributed by atoms with E-state index in [1.165, 1.54) is 0 Å². The van der Waals surface area contributed by atoms with Crippen molar-refractivity contribution in [3.8, 4) is 11.5 Å². The largest absolute Gasteiger partial charge is 0.504 e. The standard InChI is InChI=1S/C11H11NO5/c1-5(2)12-10(15)6-3-8(13)9(14)4-7(6)11(16)17-12/h3-5,13-14H,1-2H3. The summed E-state index contributed by atoms with van der Waals surface area (Å²) < 4.78 is 5.77. The van der Waals surface area contributed by atoms with Gasteiger partial charge in [-0.1, -0.05) is 0 Å². The zero-order valence-corrected chi connectivity index (χ0v) is 9.30. The Morgan fingerprint density at radius 1 is 1.12 bits per heavy atom. The minimum atomic E-state index is -0.733. The summed E-state index contributed by atoms with van der Waals surface area (Å²) in [6, 6.07) is 1.77. The van der Waals surface area contributed by atoms with Gasteiger partial charge in [0, 0.05) is 0 Å². The summed E-state index contributed by atoms with van der Waals surface area (Å²) in [6.45, 7) is 3.38. The predicted octanol–water partition coefficient (Wildman–Crippen LogP) is 0.947. The van der Waals surface area contributed by atoms with Gasteiger partial charge in [-0.05, 0) is 26.0 Å². The highest BCUT2D eigenvalue weighted by atomic mass is 16.5. The molecule has 0 radical (unpaired) electrons. The lowest BCUT2D eigenvalue weighted by Crippen LogP contribution is -2.26. The van der Waals surface area contributed by atoms with Crippen LogP contribution in [0.25, 0.3) is 10.8 Å². The topological polar surface area (TPSA) is 92.7 Å². The highest BCUT2D eigenvalue weighted by molar-refractivity contribution is 5.83. The van der Waals surface area contributed by atoms with Gasteiger partial charge < -0.3 is 14.7 Å². The van der Waals surface area contributed by atoms with Gasteiger partial charge in [-0.15, -0.1) is 0 Å².